The summed E-state index contributed by atoms with van der Waals surface area (Å²) in [6.45, 7) is -0.352. The van der Waals surface area contributed by atoms with Crippen LogP contribution in [0.1, 0.15) is 17.2 Å². The van der Waals surface area contributed by atoms with Crippen LogP contribution in [-0.4, -0.2) is 35.0 Å². The zero-order chi connectivity index (χ0) is 13.3. The molecule has 0 saturated carbocycles. The molecule has 1 aromatic carbocycles. The average Bonchev–Trinajstić information content (AvgIpc) is 2.38. The minimum absolute atomic E-state index is 0.316. The molecule has 5 nitrogen and oxygen atoms in total. The fourth-order valence-electron chi connectivity index (χ4n) is 2.50. The van der Waals surface area contributed by atoms with Crippen LogP contribution in [0, 0.1) is 11.8 Å². The Hall–Kier alpha value is -1.59. The molecule has 1 aromatic rings. The zero-order valence-corrected chi connectivity index (χ0v) is 10.0. The summed E-state index contributed by atoms with van der Waals surface area (Å²) in [6.07, 6.45) is -0.660. The van der Waals surface area contributed by atoms with Gasteiger partial charge in [0.15, 0.2) is 0 Å². The van der Waals surface area contributed by atoms with E-state index < -0.39 is 23.9 Å². The summed E-state index contributed by atoms with van der Waals surface area (Å²) in [5.41, 5.74) is 1.44. The first kappa shape index (κ1) is 12.9. The summed E-state index contributed by atoms with van der Waals surface area (Å²) in [6, 6.07) is 5.20. The van der Waals surface area contributed by atoms with Gasteiger partial charge >= 0.3 is 5.97 Å². The summed E-state index contributed by atoms with van der Waals surface area (Å²) < 4.78 is 5.08. The summed E-state index contributed by atoms with van der Waals surface area (Å²) in [5.74, 6) is -1.82. The predicted molar refractivity (Wildman–Crippen MR) is 63.4 cm³/mol. The maximum absolute atomic E-state index is 11.2. The van der Waals surface area contributed by atoms with E-state index >= 15 is 0 Å². The fraction of sp³-hybridized carbons (Fsp3) is 0.462. The number of carboxylic acid groups (broad SMARTS) is 1. The molecule has 0 saturated heterocycles. The van der Waals surface area contributed by atoms with Gasteiger partial charge in [-0.05, 0) is 29.7 Å². The van der Waals surface area contributed by atoms with Crippen LogP contribution >= 0.6 is 0 Å². The van der Waals surface area contributed by atoms with Crippen molar-refractivity contribution in [1.29, 1.82) is 0 Å². The number of rotatable bonds is 3. The highest BCUT2D eigenvalue weighted by molar-refractivity contribution is 5.71. The van der Waals surface area contributed by atoms with Gasteiger partial charge in [-0.3, -0.25) is 4.79 Å². The topological polar surface area (TPSA) is 87.0 Å². The number of hydrogen-bond donors (Lipinski definition) is 3. The second-order valence-corrected chi connectivity index (χ2v) is 4.50. The van der Waals surface area contributed by atoms with Crippen LogP contribution in [0.25, 0.3) is 0 Å². The van der Waals surface area contributed by atoms with Crippen molar-refractivity contribution in [3.8, 4) is 5.75 Å². The normalized spacial score (nSPS) is 26.5. The molecular weight excluding hydrogens is 236 g/mol. The standard InChI is InChI=1S/C13H16O5/c1-18-8-3-2-7-4-10(13(16)17)11(6-14)12(15)9(7)5-8/h2-3,5,10-12,14-15H,4,6H2,1H3,(H,16,17)/t10-,11+,12-/m1/s1. The molecule has 0 amide bonds. The van der Waals surface area contributed by atoms with E-state index in [4.69, 9.17) is 9.84 Å². The molecule has 1 aliphatic carbocycles. The quantitative estimate of drug-likeness (QED) is 0.733. The molecule has 5 heteroatoms. The molecule has 0 spiro atoms. The zero-order valence-electron chi connectivity index (χ0n) is 10.0. The number of carbonyl (C=O) groups is 1. The number of fused-ring (bicyclic) bond motifs is 1. The van der Waals surface area contributed by atoms with Crippen molar-refractivity contribution >= 4 is 5.97 Å². The first-order chi connectivity index (χ1) is 8.58. The maximum atomic E-state index is 11.2. The lowest BCUT2D eigenvalue weighted by atomic mass is 9.74. The van der Waals surface area contributed by atoms with Gasteiger partial charge in [-0.15, -0.1) is 0 Å². The Morgan fingerprint density at radius 1 is 1.50 bits per heavy atom. The highest BCUT2D eigenvalue weighted by atomic mass is 16.5. The van der Waals surface area contributed by atoms with Gasteiger partial charge in [0.1, 0.15) is 5.75 Å². The number of carboxylic acids is 1. The van der Waals surface area contributed by atoms with Crippen molar-refractivity contribution in [2.75, 3.05) is 13.7 Å². The number of aliphatic carboxylic acids is 1. The van der Waals surface area contributed by atoms with E-state index in [2.05, 4.69) is 0 Å². The lowest BCUT2D eigenvalue weighted by molar-refractivity contribution is -0.147. The SMILES string of the molecule is COc1ccc2c(c1)[C@@H](O)[C@@H](CO)[C@H](C(=O)O)C2. The van der Waals surface area contributed by atoms with Crippen molar-refractivity contribution in [3.05, 3.63) is 29.3 Å². The van der Waals surface area contributed by atoms with Crippen LogP contribution < -0.4 is 4.74 Å². The molecule has 3 N–H and O–H groups in total. The van der Waals surface area contributed by atoms with Crippen molar-refractivity contribution in [3.63, 3.8) is 0 Å². The number of aliphatic hydroxyl groups excluding tert-OH is 2. The number of hydrogen-bond acceptors (Lipinski definition) is 4. The lowest BCUT2D eigenvalue weighted by Crippen LogP contribution is -2.36. The van der Waals surface area contributed by atoms with E-state index in [0.717, 1.165) is 5.56 Å². The molecule has 98 valence electrons. The summed E-state index contributed by atoms with van der Waals surface area (Å²) in [7, 11) is 1.53. The van der Waals surface area contributed by atoms with Gasteiger partial charge in [0.25, 0.3) is 0 Å². The summed E-state index contributed by atoms with van der Waals surface area (Å²) in [4.78, 5) is 11.2. The van der Waals surface area contributed by atoms with Crippen LogP contribution in [0.5, 0.6) is 5.75 Å². The number of ether oxygens (including phenoxy) is 1. The molecule has 0 radical (unpaired) electrons. The molecule has 2 rings (SSSR count). The van der Waals surface area contributed by atoms with E-state index in [1.807, 2.05) is 0 Å². The monoisotopic (exact) mass is 252 g/mol. The number of methoxy groups -OCH3 is 1. The first-order valence-corrected chi connectivity index (χ1v) is 5.77. The Kier molecular flexibility index (Phi) is 3.54. The maximum Gasteiger partial charge on any atom is 0.307 e. The minimum atomic E-state index is -0.991. The highest BCUT2D eigenvalue weighted by Gasteiger charge is 2.39. The van der Waals surface area contributed by atoms with Gasteiger partial charge in [0.2, 0.25) is 0 Å². The summed E-state index contributed by atoms with van der Waals surface area (Å²) in [5, 5.41) is 28.6. The Bertz CT molecular complexity index is 457. The number of benzene rings is 1. The second-order valence-electron chi connectivity index (χ2n) is 4.50. The molecule has 0 aromatic heterocycles. The minimum Gasteiger partial charge on any atom is -0.497 e. The van der Waals surface area contributed by atoms with E-state index in [1.165, 1.54) is 7.11 Å². The third kappa shape index (κ3) is 2.07. The van der Waals surface area contributed by atoms with Gasteiger partial charge in [-0.25, -0.2) is 0 Å². The smallest absolute Gasteiger partial charge is 0.307 e. The van der Waals surface area contributed by atoms with Crippen LogP contribution in [0.2, 0.25) is 0 Å². The van der Waals surface area contributed by atoms with Crippen molar-refractivity contribution in [2.24, 2.45) is 11.8 Å². The molecule has 1 aliphatic rings. The van der Waals surface area contributed by atoms with Gasteiger partial charge < -0.3 is 20.1 Å². The van der Waals surface area contributed by atoms with Crippen LogP contribution in [0.4, 0.5) is 0 Å². The van der Waals surface area contributed by atoms with E-state index in [9.17, 15) is 15.0 Å². The largest absolute Gasteiger partial charge is 0.497 e. The third-order valence-corrected chi connectivity index (χ3v) is 3.56. The Balaban J connectivity index is 2.42. The third-order valence-electron chi connectivity index (χ3n) is 3.56. The predicted octanol–water partition coefficient (Wildman–Crippen LogP) is 0.594. The summed E-state index contributed by atoms with van der Waals surface area (Å²) >= 11 is 0. The lowest BCUT2D eigenvalue weighted by Gasteiger charge is -2.33. The van der Waals surface area contributed by atoms with E-state index in [-0.39, 0.29) is 6.61 Å². The molecule has 0 heterocycles. The molecule has 0 aliphatic heterocycles. The molecule has 3 atom stereocenters. The molecular formula is C13H16O5. The Labute approximate surface area is 105 Å². The highest BCUT2D eigenvalue weighted by Crippen LogP contribution is 2.39. The van der Waals surface area contributed by atoms with Gasteiger partial charge in [-0.1, -0.05) is 6.07 Å². The second kappa shape index (κ2) is 4.96. The van der Waals surface area contributed by atoms with E-state index in [1.54, 1.807) is 18.2 Å². The molecule has 0 bridgehead atoms. The average molecular weight is 252 g/mol. The van der Waals surface area contributed by atoms with Gasteiger partial charge in [-0.2, -0.15) is 0 Å². The van der Waals surface area contributed by atoms with Gasteiger partial charge in [0.05, 0.1) is 19.1 Å². The number of aliphatic hydroxyl groups is 2. The van der Waals surface area contributed by atoms with Crippen LogP contribution in [0.15, 0.2) is 18.2 Å². The molecule has 0 fully saturated rings. The van der Waals surface area contributed by atoms with Crippen molar-refractivity contribution in [1.82, 2.24) is 0 Å². The Morgan fingerprint density at radius 3 is 2.78 bits per heavy atom. The Morgan fingerprint density at radius 2 is 2.22 bits per heavy atom. The van der Waals surface area contributed by atoms with Crippen LogP contribution in [-0.2, 0) is 11.2 Å². The van der Waals surface area contributed by atoms with Crippen molar-refractivity contribution in [2.45, 2.75) is 12.5 Å². The van der Waals surface area contributed by atoms with Crippen LogP contribution in [0.3, 0.4) is 0 Å². The van der Waals surface area contributed by atoms with E-state index in [0.29, 0.717) is 17.7 Å². The molecule has 18 heavy (non-hydrogen) atoms. The molecule has 0 unspecified atom stereocenters. The van der Waals surface area contributed by atoms with Gasteiger partial charge in [0, 0.05) is 12.5 Å². The fourth-order valence-corrected chi connectivity index (χ4v) is 2.50. The first-order valence-electron chi connectivity index (χ1n) is 5.77. The van der Waals surface area contributed by atoms with Crippen molar-refractivity contribution < 1.29 is 24.9 Å².